The van der Waals surface area contributed by atoms with Gasteiger partial charge in [0.25, 0.3) is 5.91 Å². The number of anilines is 1. The zero-order chi connectivity index (χ0) is 18.9. The van der Waals surface area contributed by atoms with E-state index in [2.05, 4.69) is 15.5 Å². The molecule has 0 saturated carbocycles. The Morgan fingerprint density at radius 1 is 1.19 bits per heavy atom. The molecular weight excluding hydrogens is 397 g/mol. The smallest absolute Gasteiger partial charge is 0.252 e. The number of carbonyl (C=O) groups is 1. The lowest BCUT2D eigenvalue weighted by atomic mass is 10.1. The average Bonchev–Trinajstić information content (AvgIpc) is 3.20. The first-order chi connectivity index (χ1) is 12.3. The van der Waals surface area contributed by atoms with Gasteiger partial charge in [0.15, 0.2) is 5.82 Å². The molecule has 2 heterocycles. The molecule has 0 atom stereocenters. The van der Waals surface area contributed by atoms with Crippen LogP contribution < -0.4 is 5.32 Å². The minimum Gasteiger partial charge on any atom is -0.307 e. The number of nitrogens with zero attached hydrogens (tertiary/aromatic N) is 4. The Bertz CT molecular complexity index is 927. The van der Waals surface area contributed by atoms with E-state index >= 15 is 0 Å². The molecule has 9 heteroatoms. The molecule has 0 aliphatic heterocycles. The fraction of sp³-hybridized carbons (Fsp3) is 0.235. The van der Waals surface area contributed by atoms with E-state index in [1.165, 1.54) is 10.9 Å². The highest BCUT2D eigenvalue weighted by Gasteiger charge is 2.31. The van der Waals surface area contributed by atoms with Crippen LogP contribution in [0.25, 0.3) is 0 Å². The highest BCUT2D eigenvalue weighted by atomic mass is 35.5. The first-order valence-electron chi connectivity index (χ1n) is 7.76. The number of benzene rings is 1. The van der Waals surface area contributed by atoms with Gasteiger partial charge in [0.1, 0.15) is 5.54 Å². The molecule has 0 saturated heterocycles. The zero-order valence-corrected chi connectivity index (χ0v) is 16.3. The average molecular weight is 413 g/mol. The monoisotopic (exact) mass is 411 g/mol. The van der Waals surface area contributed by atoms with Gasteiger partial charge in [-0.3, -0.25) is 14.2 Å². The van der Waals surface area contributed by atoms with Crippen molar-refractivity contribution < 1.29 is 4.79 Å². The molecule has 0 fully saturated rings. The molecule has 6 nitrogen and oxygen atoms in total. The molecule has 1 amide bonds. The van der Waals surface area contributed by atoms with Gasteiger partial charge < -0.3 is 5.32 Å². The Hall–Kier alpha value is -2.02. The topological polar surface area (TPSA) is 64.7 Å². The van der Waals surface area contributed by atoms with Crippen LogP contribution in [0.4, 0.5) is 5.82 Å². The van der Waals surface area contributed by atoms with Crippen molar-refractivity contribution in [2.75, 3.05) is 5.32 Å². The lowest BCUT2D eigenvalue weighted by molar-refractivity contribution is -0.123. The predicted octanol–water partition coefficient (Wildman–Crippen LogP) is 4.46. The maximum Gasteiger partial charge on any atom is 0.252 e. The Labute approximate surface area is 165 Å². The third-order valence-corrected chi connectivity index (χ3v) is 4.85. The molecule has 0 unspecified atom stereocenters. The number of hydrogen-bond acceptors (Lipinski definition) is 3. The second kappa shape index (κ2) is 7.31. The summed E-state index contributed by atoms with van der Waals surface area (Å²) in [4.78, 5) is 12.6. The molecule has 0 aliphatic rings. The van der Waals surface area contributed by atoms with Gasteiger partial charge in [-0.2, -0.15) is 10.2 Å². The van der Waals surface area contributed by atoms with E-state index in [0.29, 0.717) is 27.4 Å². The summed E-state index contributed by atoms with van der Waals surface area (Å²) >= 11 is 18.3. The van der Waals surface area contributed by atoms with E-state index in [1.807, 2.05) is 0 Å². The number of carbonyl (C=O) groups excluding carboxylic acids is 1. The molecule has 0 aliphatic carbocycles. The number of rotatable bonds is 5. The summed E-state index contributed by atoms with van der Waals surface area (Å²) in [6.45, 7) is 3.88. The van der Waals surface area contributed by atoms with Crippen molar-refractivity contribution in [1.82, 2.24) is 19.6 Å². The maximum absolute atomic E-state index is 12.6. The number of nitrogens with one attached hydrogen (secondary N) is 1. The number of hydrogen-bond donors (Lipinski definition) is 1. The third-order valence-electron chi connectivity index (χ3n) is 3.94. The maximum atomic E-state index is 12.6. The lowest BCUT2D eigenvalue weighted by Crippen LogP contribution is -2.40. The summed E-state index contributed by atoms with van der Waals surface area (Å²) in [7, 11) is 0. The summed E-state index contributed by atoms with van der Waals surface area (Å²) in [6, 6.07) is 7.03. The molecular formula is C17H16Cl3N5O. The molecule has 1 aromatic carbocycles. The van der Waals surface area contributed by atoms with Gasteiger partial charge in [0, 0.05) is 34.1 Å². The van der Waals surface area contributed by atoms with Crippen molar-refractivity contribution in [1.29, 1.82) is 0 Å². The van der Waals surface area contributed by atoms with E-state index in [4.69, 9.17) is 34.8 Å². The first-order valence-corrected chi connectivity index (χ1v) is 8.89. The summed E-state index contributed by atoms with van der Waals surface area (Å²) in [6.07, 6.45) is 4.82. The summed E-state index contributed by atoms with van der Waals surface area (Å²) in [5, 5.41) is 12.8. The largest absolute Gasteiger partial charge is 0.307 e. The minimum absolute atomic E-state index is 0.265. The molecule has 0 spiro atoms. The van der Waals surface area contributed by atoms with Crippen molar-refractivity contribution >= 4 is 46.5 Å². The molecule has 2 aromatic heterocycles. The SMILES string of the molecule is CC(C)(C(=O)Nc1ccn(Cc2c(Cl)cccc2Cl)n1)n1cc(Cl)cn1. The Balaban J connectivity index is 1.73. The van der Waals surface area contributed by atoms with Gasteiger partial charge in [-0.05, 0) is 26.0 Å². The fourth-order valence-corrected chi connectivity index (χ4v) is 2.99. The van der Waals surface area contributed by atoms with Crippen LogP contribution >= 0.6 is 34.8 Å². The molecule has 0 bridgehead atoms. The molecule has 3 aromatic rings. The summed E-state index contributed by atoms with van der Waals surface area (Å²) in [5.41, 5.74) is -0.161. The first kappa shape index (κ1) is 18.8. The molecule has 3 rings (SSSR count). The van der Waals surface area contributed by atoms with E-state index < -0.39 is 5.54 Å². The zero-order valence-electron chi connectivity index (χ0n) is 14.1. The molecule has 1 N–H and O–H groups in total. The van der Waals surface area contributed by atoms with Crippen LogP contribution in [0.5, 0.6) is 0 Å². The number of aromatic nitrogens is 4. The predicted molar refractivity (Wildman–Crippen MR) is 103 cm³/mol. The van der Waals surface area contributed by atoms with E-state index in [9.17, 15) is 4.79 Å². The van der Waals surface area contributed by atoms with Crippen LogP contribution in [0.15, 0.2) is 42.9 Å². The van der Waals surface area contributed by atoms with Gasteiger partial charge in [0.05, 0.1) is 17.8 Å². The van der Waals surface area contributed by atoms with Crippen LogP contribution in [-0.4, -0.2) is 25.5 Å². The number of amides is 1. The lowest BCUT2D eigenvalue weighted by Gasteiger charge is -2.23. The number of halogens is 3. The molecule has 136 valence electrons. The van der Waals surface area contributed by atoms with Crippen LogP contribution in [0.1, 0.15) is 19.4 Å². The van der Waals surface area contributed by atoms with Crippen molar-refractivity contribution in [3.63, 3.8) is 0 Å². The van der Waals surface area contributed by atoms with Crippen molar-refractivity contribution in [2.24, 2.45) is 0 Å². The quantitative estimate of drug-likeness (QED) is 0.673. The van der Waals surface area contributed by atoms with Crippen LogP contribution in [0.2, 0.25) is 15.1 Å². The van der Waals surface area contributed by atoms with Gasteiger partial charge in [-0.1, -0.05) is 40.9 Å². The second-order valence-electron chi connectivity index (χ2n) is 6.22. The van der Waals surface area contributed by atoms with Crippen LogP contribution in [-0.2, 0) is 16.9 Å². The Morgan fingerprint density at radius 3 is 2.50 bits per heavy atom. The summed E-state index contributed by atoms with van der Waals surface area (Å²) < 4.78 is 3.16. The molecule has 26 heavy (non-hydrogen) atoms. The molecule has 0 radical (unpaired) electrons. The van der Waals surface area contributed by atoms with Crippen molar-refractivity contribution in [3.8, 4) is 0 Å². The second-order valence-corrected chi connectivity index (χ2v) is 7.47. The van der Waals surface area contributed by atoms with E-state index in [1.54, 1.807) is 55.2 Å². The Morgan fingerprint density at radius 2 is 1.88 bits per heavy atom. The Kier molecular flexibility index (Phi) is 5.27. The normalized spacial score (nSPS) is 11.6. The van der Waals surface area contributed by atoms with Crippen LogP contribution in [0, 0.1) is 0 Å². The fourth-order valence-electron chi connectivity index (χ4n) is 2.34. The van der Waals surface area contributed by atoms with Crippen LogP contribution in [0.3, 0.4) is 0 Å². The summed E-state index contributed by atoms with van der Waals surface area (Å²) in [5.74, 6) is 0.155. The van der Waals surface area contributed by atoms with Gasteiger partial charge in [-0.15, -0.1) is 0 Å². The van der Waals surface area contributed by atoms with E-state index in [0.717, 1.165) is 5.56 Å². The van der Waals surface area contributed by atoms with E-state index in [-0.39, 0.29) is 5.91 Å². The van der Waals surface area contributed by atoms with Crippen molar-refractivity contribution in [2.45, 2.75) is 25.9 Å². The standard InChI is InChI=1S/C17H16Cl3N5O/c1-17(2,25-9-11(18)8-21-25)16(26)22-15-6-7-24(23-15)10-12-13(19)4-3-5-14(12)20/h3-9H,10H2,1-2H3,(H,22,23,26). The highest BCUT2D eigenvalue weighted by molar-refractivity contribution is 6.36. The van der Waals surface area contributed by atoms with Gasteiger partial charge in [-0.25, -0.2) is 0 Å². The van der Waals surface area contributed by atoms with Gasteiger partial charge in [0.2, 0.25) is 0 Å². The van der Waals surface area contributed by atoms with Gasteiger partial charge >= 0.3 is 0 Å². The van der Waals surface area contributed by atoms with Crippen molar-refractivity contribution in [3.05, 3.63) is 63.5 Å². The highest BCUT2D eigenvalue weighted by Crippen LogP contribution is 2.25. The minimum atomic E-state index is -0.928. The third kappa shape index (κ3) is 3.87.